The number of rotatable bonds is 5. The van der Waals surface area contributed by atoms with Crippen LogP contribution in [0.2, 0.25) is 0 Å². The maximum absolute atomic E-state index is 13.2. The van der Waals surface area contributed by atoms with Gasteiger partial charge in [-0.25, -0.2) is 18.2 Å². The number of aryl methyl sites for hydroxylation is 1. The van der Waals surface area contributed by atoms with Crippen molar-refractivity contribution in [2.45, 2.75) is 42.7 Å². The lowest BCUT2D eigenvalue weighted by Crippen LogP contribution is -2.20. The van der Waals surface area contributed by atoms with Gasteiger partial charge in [-0.05, 0) is 56.2 Å². The summed E-state index contributed by atoms with van der Waals surface area (Å²) in [5, 5.41) is 0. The van der Waals surface area contributed by atoms with Crippen molar-refractivity contribution in [3.05, 3.63) is 59.8 Å². The van der Waals surface area contributed by atoms with Gasteiger partial charge in [-0.2, -0.15) is 0 Å². The van der Waals surface area contributed by atoms with Crippen LogP contribution in [0, 0.1) is 0 Å². The molecule has 0 saturated carbocycles. The number of hydrogen-bond donors (Lipinski definition) is 0. The van der Waals surface area contributed by atoms with Gasteiger partial charge in [-0.3, -0.25) is 0 Å². The van der Waals surface area contributed by atoms with Crippen molar-refractivity contribution < 1.29 is 22.7 Å². The number of methoxy groups -OCH3 is 1. The van der Waals surface area contributed by atoms with E-state index in [1.54, 1.807) is 62.4 Å². The highest BCUT2D eigenvalue weighted by Crippen LogP contribution is 2.37. The van der Waals surface area contributed by atoms with Crippen LogP contribution in [-0.2, 0) is 27.5 Å². The lowest BCUT2D eigenvalue weighted by atomic mass is 10.0. The van der Waals surface area contributed by atoms with Crippen molar-refractivity contribution in [3.8, 4) is 17.3 Å². The smallest absolute Gasteiger partial charge is 0.355 e. The number of fused-ring (bicyclic) bond motifs is 3. The number of esters is 1. The molecule has 0 N–H and O–H groups in total. The molecular formula is C22H22N2O5S. The number of benzene rings is 1. The van der Waals surface area contributed by atoms with Gasteiger partial charge in [-0.15, -0.1) is 0 Å². The van der Waals surface area contributed by atoms with Gasteiger partial charge < -0.3 is 14.0 Å². The summed E-state index contributed by atoms with van der Waals surface area (Å²) < 4.78 is 38.8. The summed E-state index contributed by atoms with van der Waals surface area (Å²) in [7, 11) is -2.39. The summed E-state index contributed by atoms with van der Waals surface area (Å²) in [5.41, 5.74) is 2.58. The molecule has 3 aromatic rings. The van der Waals surface area contributed by atoms with Crippen molar-refractivity contribution in [1.82, 2.24) is 9.55 Å². The normalized spacial score (nSPS) is 12.9. The third-order valence-electron chi connectivity index (χ3n) is 4.95. The van der Waals surface area contributed by atoms with Crippen LogP contribution in [0.4, 0.5) is 0 Å². The molecule has 156 valence electrons. The molecule has 0 bridgehead atoms. The predicted octanol–water partition coefficient (Wildman–Crippen LogP) is 3.51. The number of ether oxygens (including phenoxy) is 2. The summed E-state index contributed by atoms with van der Waals surface area (Å²) in [4.78, 5) is 17.1. The Labute approximate surface area is 175 Å². The van der Waals surface area contributed by atoms with Gasteiger partial charge in [0.25, 0.3) is 0 Å². The Bertz CT molecular complexity index is 1210. The maximum Gasteiger partial charge on any atom is 0.355 e. The Morgan fingerprint density at radius 1 is 1.13 bits per heavy atom. The SMILES string of the molecule is COc1nc2c(cc1S(=O)(=O)c1ccccc1)CCn1c(C(=O)OC(C)C)ccc1-2. The number of carbonyl (C=O) groups is 1. The second kappa shape index (κ2) is 7.60. The van der Waals surface area contributed by atoms with Crippen LogP contribution in [-0.4, -0.2) is 37.2 Å². The van der Waals surface area contributed by atoms with Crippen molar-refractivity contribution in [1.29, 1.82) is 0 Å². The van der Waals surface area contributed by atoms with Gasteiger partial charge in [0.05, 0.1) is 29.5 Å². The van der Waals surface area contributed by atoms with Crippen molar-refractivity contribution in [2.24, 2.45) is 0 Å². The number of nitrogens with zero attached hydrogens (tertiary/aromatic N) is 2. The second-order valence-electron chi connectivity index (χ2n) is 7.28. The zero-order valence-electron chi connectivity index (χ0n) is 17.0. The average Bonchev–Trinajstić information content (AvgIpc) is 3.17. The Morgan fingerprint density at radius 2 is 1.87 bits per heavy atom. The number of sulfone groups is 1. The summed E-state index contributed by atoms with van der Waals surface area (Å²) in [6, 6.07) is 13.3. The number of pyridine rings is 1. The Balaban J connectivity index is 1.81. The van der Waals surface area contributed by atoms with Crippen molar-refractivity contribution in [2.75, 3.05) is 7.11 Å². The summed E-state index contributed by atoms with van der Waals surface area (Å²) in [6.45, 7) is 4.12. The molecule has 0 spiro atoms. The van der Waals surface area contributed by atoms with Crippen LogP contribution in [0.25, 0.3) is 11.4 Å². The number of hydrogen-bond acceptors (Lipinski definition) is 6. The molecule has 1 aliphatic heterocycles. The first-order chi connectivity index (χ1) is 14.3. The fraction of sp³-hybridized carbons (Fsp3) is 0.273. The van der Waals surface area contributed by atoms with E-state index in [-0.39, 0.29) is 21.8 Å². The standard InChI is InChI=1S/C22H22N2O5S/c1-14(2)29-22(25)18-10-9-17-20-15(11-12-24(17)18)13-19(21(23-20)28-3)30(26,27)16-7-5-4-6-8-16/h4-10,13-14H,11-12H2,1-3H3. The largest absolute Gasteiger partial charge is 0.480 e. The Morgan fingerprint density at radius 3 is 2.53 bits per heavy atom. The predicted molar refractivity (Wildman–Crippen MR) is 110 cm³/mol. The van der Waals surface area contributed by atoms with E-state index in [1.807, 2.05) is 4.57 Å². The number of aromatic nitrogens is 2. The van der Waals surface area contributed by atoms with E-state index in [0.717, 1.165) is 11.3 Å². The van der Waals surface area contributed by atoms with Crippen LogP contribution in [0.3, 0.4) is 0 Å². The minimum absolute atomic E-state index is 0.0264. The van der Waals surface area contributed by atoms with E-state index in [4.69, 9.17) is 9.47 Å². The highest BCUT2D eigenvalue weighted by atomic mass is 32.2. The molecule has 0 radical (unpaired) electrons. The first kappa shape index (κ1) is 20.2. The van der Waals surface area contributed by atoms with Gasteiger partial charge in [0.15, 0.2) is 0 Å². The fourth-order valence-corrected chi connectivity index (χ4v) is 5.02. The summed E-state index contributed by atoms with van der Waals surface area (Å²) in [5.74, 6) is -0.367. The van der Waals surface area contributed by atoms with Gasteiger partial charge in [0.2, 0.25) is 15.7 Å². The molecule has 30 heavy (non-hydrogen) atoms. The average molecular weight is 426 g/mol. The molecule has 3 heterocycles. The van der Waals surface area contributed by atoms with Crippen molar-refractivity contribution in [3.63, 3.8) is 0 Å². The maximum atomic E-state index is 13.2. The zero-order valence-corrected chi connectivity index (χ0v) is 17.8. The molecule has 0 aliphatic carbocycles. The molecule has 4 rings (SSSR count). The Hall–Kier alpha value is -3.13. The lowest BCUT2D eigenvalue weighted by Gasteiger charge is -2.22. The molecule has 8 heteroatoms. The van der Waals surface area contributed by atoms with Crippen LogP contribution >= 0.6 is 0 Å². The monoisotopic (exact) mass is 426 g/mol. The van der Waals surface area contributed by atoms with Gasteiger partial charge in [0.1, 0.15) is 10.6 Å². The zero-order chi connectivity index (χ0) is 21.5. The molecule has 0 fully saturated rings. The summed E-state index contributed by atoms with van der Waals surface area (Å²) >= 11 is 0. The van der Waals surface area contributed by atoms with Gasteiger partial charge in [0, 0.05) is 6.54 Å². The summed E-state index contributed by atoms with van der Waals surface area (Å²) in [6.07, 6.45) is 0.316. The molecular weight excluding hydrogens is 404 g/mol. The molecule has 0 saturated heterocycles. The third kappa shape index (κ3) is 3.37. The highest BCUT2D eigenvalue weighted by Gasteiger charge is 2.29. The Kier molecular flexibility index (Phi) is 5.11. The van der Waals surface area contributed by atoms with Crippen LogP contribution in [0.15, 0.2) is 58.3 Å². The second-order valence-corrected chi connectivity index (χ2v) is 9.20. The molecule has 0 amide bonds. The minimum atomic E-state index is -3.78. The minimum Gasteiger partial charge on any atom is -0.480 e. The fourth-order valence-electron chi connectivity index (χ4n) is 3.59. The van der Waals surface area contributed by atoms with E-state index in [9.17, 15) is 13.2 Å². The van der Waals surface area contributed by atoms with Crippen LogP contribution in [0.1, 0.15) is 29.9 Å². The molecule has 1 aromatic carbocycles. The van der Waals surface area contributed by atoms with Crippen LogP contribution < -0.4 is 4.74 Å². The van der Waals surface area contributed by atoms with E-state index < -0.39 is 15.8 Å². The quantitative estimate of drug-likeness (QED) is 0.580. The topological polar surface area (TPSA) is 87.5 Å². The molecule has 2 aromatic heterocycles. The lowest BCUT2D eigenvalue weighted by molar-refractivity contribution is 0.0365. The molecule has 0 atom stereocenters. The molecule has 1 aliphatic rings. The van der Waals surface area contributed by atoms with Gasteiger partial charge >= 0.3 is 5.97 Å². The van der Waals surface area contributed by atoms with E-state index in [1.165, 1.54) is 7.11 Å². The first-order valence-corrected chi connectivity index (χ1v) is 11.1. The van der Waals surface area contributed by atoms with Crippen LogP contribution in [0.5, 0.6) is 5.88 Å². The third-order valence-corrected chi connectivity index (χ3v) is 6.71. The van der Waals surface area contributed by atoms with E-state index in [0.29, 0.717) is 24.4 Å². The van der Waals surface area contributed by atoms with Crippen molar-refractivity contribution >= 4 is 15.8 Å². The highest BCUT2D eigenvalue weighted by molar-refractivity contribution is 7.91. The first-order valence-electron chi connectivity index (χ1n) is 9.62. The van der Waals surface area contributed by atoms with E-state index >= 15 is 0 Å². The number of carbonyl (C=O) groups excluding carboxylic acids is 1. The van der Waals surface area contributed by atoms with E-state index in [2.05, 4.69) is 4.98 Å². The van der Waals surface area contributed by atoms with Gasteiger partial charge in [-0.1, -0.05) is 18.2 Å². The molecule has 7 nitrogen and oxygen atoms in total. The molecule has 0 unspecified atom stereocenters.